The molecule has 2 aromatic rings. The minimum Gasteiger partial charge on any atom is -0.371 e. The van der Waals surface area contributed by atoms with Gasteiger partial charge >= 0.3 is 5.69 Å². The van der Waals surface area contributed by atoms with Crippen molar-refractivity contribution in [1.29, 1.82) is 5.26 Å². The summed E-state index contributed by atoms with van der Waals surface area (Å²) in [7, 11) is 2.08. The smallest absolute Gasteiger partial charge is 0.329 e. The van der Waals surface area contributed by atoms with Gasteiger partial charge in [-0.1, -0.05) is 6.92 Å². The van der Waals surface area contributed by atoms with Crippen LogP contribution in [0.15, 0.2) is 21.7 Å². The summed E-state index contributed by atoms with van der Waals surface area (Å²) >= 11 is 0. The molecule has 1 atom stereocenters. The molecule has 4 rings (SSSR count). The number of nitrogens with one attached hydrogen (secondary N) is 1. The van der Waals surface area contributed by atoms with E-state index in [-0.39, 0.29) is 22.7 Å². The Labute approximate surface area is 170 Å². The Morgan fingerprint density at radius 3 is 2.79 bits per heavy atom. The van der Waals surface area contributed by atoms with Gasteiger partial charge in [-0.15, -0.1) is 0 Å². The molecule has 1 aliphatic carbocycles. The zero-order valence-electron chi connectivity index (χ0n) is 17.5. The van der Waals surface area contributed by atoms with Crippen LogP contribution in [0.25, 0.3) is 10.9 Å². The van der Waals surface area contributed by atoms with Crippen LogP contribution in [-0.2, 0) is 0 Å². The molecule has 2 aliphatic rings. The highest BCUT2D eigenvalue weighted by Crippen LogP contribution is 2.39. The van der Waals surface area contributed by atoms with Crippen LogP contribution in [0.3, 0.4) is 0 Å². The van der Waals surface area contributed by atoms with Gasteiger partial charge in [-0.05, 0) is 56.3 Å². The number of nitriles is 1. The summed E-state index contributed by atoms with van der Waals surface area (Å²) in [6, 6.07) is 6.31. The van der Waals surface area contributed by atoms with E-state index in [0.717, 1.165) is 62.2 Å². The van der Waals surface area contributed by atoms with Crippen LogP contribution in [0, 0.1) is 23.7 Å². The Balaban J connectivity index is 1.66. The third-order valence-electron chi connectivity index (χ3n) is 6.39. The third kappa shape index (κ3) is 3.69. The number of hydrogen-bond donors (Lipinski definition) is 1. The van der Waals surface area contributed by atoms with Crippen molar-refractivity contribution in [2.45, 2.75) is 45.6 Å². The number of H-pyrrole nitrogens is 1. The molecule has 1 N–H and O–H groups in total. The van der Waals surface area contributed by atoms with Gasteiger partial charge in [-0.25, -0.2) is 4.79 Å². The molecule has 0 bridgehead atoms. The van der Waals surface area contributed by atoms with Crippen molar-refractivity contribution >= 4 is 16.6 Å². The summed E-state index contributed by atoms with van der Waals surface area (Å²) in [5.41, 5.74) is 2.46. The highest BCUT2D eigenvalue weighted by molar-refractivity contribution is 5.87. The summed E-state index contributed by atoms with van der Waals surface area (Å²) in [5.74, 6) is 0. The van der Waals surface area contributed by atoms with Gasteiger partial charge in [-0.3, -0.25) is 14.3 Å². The molecule has 1 unspecified atom stereocenters. The van der Waals surface area contributed by atoms with Crippen molar-refractivity contribution in [3.8, 4) is 6.07 Å². The molecule has 2 heterocycles. The molecule has 154 valence electrons. The van der Waals surface area contributed by atoms with Crippen molar-refractivity contribution in [1.82, 2.24) is 14.5 Å². The summed E-state index contributed by atoms with van der Waals surface area (Å²) in [5, 5.41) is 9.41. The van der Waals surface area contributed by atoms with Crippen LogP contribution < -0.4 is 16.1 Å². The van der Waals surface area contributed by atoms with Crippen LogP contribution in [0.2, 0.25) is 0 Å². The fourth-order valence-corrected chi connectivity index (χ4v) is 4.86. The van der Waals surface area contributed by atoms with Gasteiger partial charge in [0.2, 0.25) is 0 Å². The van der Waals surface area contributed by atoms with Crippen molar-refractivity contribution in [2.75, 3.05) is 38.1 Å². The molecule has 1 aromatic heterocycles. The van der Waals surface area contributed by atoms with Gasteiger partial charge in [0.25, 0.3) is 5.56 Å². The predicted octanol–water partition coefficient (Wildman–Crippen LogP) is 2.40. The van der Waals surface area contributed by atoms with Gasteiger partial charge in [0.05, 0.1) is 17.0 Å². The highest BCUT2D eigenvalue weighted by atomic mass is 16.2. The summed E-state index contributed by atoms with van der Waals surface area (Å²) < 4.78 is 1.79. The normalized spacial score (nSPS) is 21.8. The second kappa shape index (κ2) is 7.34. The van der Waals surface area contributed by atoms with E-state index in [0.29, 0.717) is 11.8 Å². The monoisotopic (exact) mass is 395 g/mol. The maximum Gasteiger partial charge on any atom is 0.329 e. The number of aryl methyl sites for hydroxylation is 1. The second-order valence-electron chi connectivity index (χ2n) is 9.09. The van der Waals surface area contributed by atoms with Gasteiger partial charge < -0.3 is 9.80 Å². The minimum absolute atomic E-state index is 0.149. The van der Waals surface area contributed by atoms with E-state index in [1.807, 2.05) is 19.1 Å². The summed E-state index contributed by atoms with van der Waals surface area (Å²) in [4.78, 5) is 32.0. The maximum absolute atomic E-state index is 12.5. The van der Waals surface area contributed by atoms with E-state index >= 15 is 0 Å². The number of aromatic amines is 1. The van der Waals surface area contributed by atoms with Crippen molar-refractivity contribution in [2.24, 2.45) is 5.41 Å². The van der Waals surface area contributed by atoms with Crippen LogP contribution in [0.5, 0.6) is 0 Å². The quantitative estimate of drug-likeness (QED) is 0.812. The largest absolute Gasteiger partial charge is 0.371 e. The first-order valence-electron chi connectivity index (χ1n) is 10.4. The summed E-state index contributed by atoms with van der Waals surface area (Å²) in [6.45, 7) is 7.95. The van der Waals surface area contributed by atoms with E-state index in [1.54, 1.807) is 4.57 Å². The van der Waals surface area contributed by atoms with Crippen LogP contribution >= 0.6 is 0 Å². The number of nitrogens with zero attached hydrogens (tertiary/aromatic N) is 4. The lowest BCUT2D eigenvalue weighted by molar-refractivity contribution is 0.214. The lowest BCUT2D eigenvalue weighted by Crippen LogP contribution is -2.36. The fourth-order valence-electron chi connectivity index (χ4n) is 4.86. The molecule has 0 spiro atoms. The molecular formula is C22H29N5O2. The van der Waals surface area contributed by atoms with Crippen molar-refractivity contribution in [3.05, 3.63) is 38.5 Å². The number of rotatable bonds is 6. The number of hydrogen-bond acceptors (Lipinski definition) is 5. The Kier molecular flexibility index (Phi) is 4.99. The summed E-state index contributed by atoms with van der Waals surface area (Å²) in [6.07, 6.45) is 3.60. The van der Waals surface area contributed by atoms with Crippen molar-refractivity contribution in [3.63, 3.8) is 0 Å². The van der Waals surface area contributed by atoms with Crippen LogP contribution in [0.1, 0.15) is 44.2 Å². The molecule has 1 aromatic carbocycles. The lowest BCUT2D eigenvalue weighted by atomic mass is 9.89. The molecule has 29 heavy (non-hydrogen) atoms. The van der Waals surface area contributed by atoms with E-state index in [4.69, 9.17) is 5.26 Å². The molecule has 1 saturated heterocycles. The van der Waals surface area contributed by atoms with E-state index in [9.17, 15) is 9.59 Å². The fraction of sp³-hybridized carbons (Fsp3) is 0.591. The van der Waals surface area contributed by atoms with Crippen molar-refractivity contribution < 1.29 is 0 Å². The molecule has 0 amide bonds. The topological polar surface area (TPSA) is 85.1 Å². The first kappa shape index (κ1) is 19.7. The first-order valence-corrected chi connectivity index (χ1v) is 10.4. The van der Waals surface area contributed by atoms with Gasteiger partial charge in [0, 0.05) is 44.3 Å². The maximum atomic E-state index is 12.5. The Bertz CT molecular complexity index is 1090. The van der Waals surface area contributed by atoms with E-state index in [1.165, 1.54) is 0 Å². The third-order valence-corrected chi connectivity index (χ3v) is 6.39. The first-order chi connectivity index (χ1) is 13.8. The lowest BCUT2D eigenvalue weighted by Gasteiger charge is -2.30. The SMILES string of the molecule is Cc1c(N2CCC(C)(CN(C)CCC#N)C2)ccc2c(=O)[nH]c(=O)n(C3CC3)c12. The van der Waals surface area contributed by atoms with E-state index in [2.05, 4.69) is 34.8 Å². The standard InChI is InChI=1S/C22H29N5O2/c1-15-18(26-12-9-22(2,14-26)13-25(3)11-4-10-23)8-7-17-19(15)27(16-5-6-16)21(29)24-20(17)28/h7-8,16H,4-6,9,11-14H2,1-3H3,(H,24,28,29). The molecule has 0 radical (unpaired) electrons. The molecule has 1 saturated carbocycles. The predicted molar refractivity (Wildman–Crippen MR) is 115 cm³/mol. The molecule has 7 nitrogen and oxygen atoms in total. The Morgan fingerprint density at radius 2 is 2.10 bits per heavy atom. The molecule has 2 fully saturated rings. The zero-order chi connectivity index (χ0) is 20.8. The average molecular weight is 396 g/mol. The van der Waals surface area contributed by atoms with E-state index < -0.39 is 0 Å². The van der Waals surface area contributed by atoms with Crippen LogP contribution in [-0.4, -0.2) is 47.7 Å². The molecule has 1 aliphatic heterocycles. The van der Waals surface area contributed by atoms with Gasteiger partial charge in [0.15, 0.2) is 0 Å². The second-order valence-corrected chi connectivity index (χ2v) is 9.09. The Morgan fingerprint density at radius 1 is 1.34 bits per heavy atom. The average Bonchev–Trinajstić information content (AvgIpc) is 3.43. The highest BCUT2D eigenvalue weighted by Gasteiger charge is 2.36. The number of fused-ring (bicyclic) bond motifs is 1. The number of aromatic nitrogens is 2. The number of benzene rings is 1. The molecular weight excluding hydrogens is 366 g/mol. The minimum atomic E-state index is -0.304. The Hall–Kier alpha value is -2.59. The van der Waals surface area contributed by atoms with Gasteiger partial charge in [0.1, 0.15) is 0 Å². The number of anilines is 1. The zero-order valence-corrected chi connectivity index (χ0v) is 17.5. The molecule has 7 heteroatoms. The van der Waals surface area contributed by atoms with Gasteiger partial charge in [-0.2, -0.15) is 5.26 Å². The van der Waals surface area contributed by atoms with Crippen LogP contribution in [0.4, 0.5) is 5.69 Å².